The zero-order valence-electron chi connectivity index (χ0n) is 25.9. The zero-order valence-corrected chi connectivity index (χ0v) is 25.9. The number of methoxy groups -OCH3 is 2. The van der Waals surface area contributed by atoms with E-state index in [2.05, 4.69) is 17.4 Å². The van der Waals surface area contributed by atoms with E-state index in [0.29, 0.717) is 51.8 Å². The van der Waals surface area contributed by atoms with E-state index in [1.165, 1.54) is 5.56 Å². The third kappa shape index (κ3) is 10.3. The Balaban J connectivity index is 1.24. The van der Waals surface area contributed by atoms with Crippen molar-refractivity contribution in [1.82, 2.24) is 5.32 Å². The van der Waals surface area contributed by atoms with Gasteiger partial charge in [0.1, 0.15) is 11.5 Å². The second kappa shape index (κ2) is 18.4. The average Bonchev–Trinajstić information content (AvgIpc) is 3.06. The Bertz CT molecular complexity index is 1280. The largest absolute Gasteiger partial charge is 0.496 e. The molecule has 4 rings (SSSR count). The molecular formula is C35H46N2O7. The van der Waals surface area contributed by atoms with Crippen LogP contribution in [0.2, 0.25) is 0 Å². The van der Waals surface area contributed by atoms with Crippen LogP contribution < -0.4 is 20.5 Å². The van der Waals surface area contributed by atoms with Gasteiger partial charge in [-0.15, -0.1) is 0 Å². The van der Waals surface area contributed by atoms with Crippen LogP contribution in [-0.4, -0.2) is 65.7 Å². The summed E-state index contributed by atoms with van der Waals surface area (Å²) in [5.41, 5.74) is 10.1. The average molecular weight is 607 g/mol. The van der Waals surface area contributed by atoms with Crippen LogP contribution in [-0.2, 0) is 38.8 Å². The topological polar surface area (TPSA) is 110 Å². The third-order valence-corrected chi connectivity index (χ3v) is 7.68. The van der Waals surface area contributed by atoms with Crippen LogP contribution in [0.5, 0.6) is 11.5 Å². The molecule has 2 unspecified atom stereocenters. The Labute approximate surface area is 260 Å². The van der Waals surface area contributed by atoms with Crippen LogP contribution >= 0.6 is 0 Å². The van der Waals surface area contributed by atoms with Crippen molar-refractivity contribution in [2.24, 2.45) is 5.73 Å². The highest BCUT2D eigenvalue weighted by molar-refractivity contribution is 5.94. The molecule has 1 heterocycles. The predicted octanol–water partition coefficient (Wildman–Crippen LogP) is 5.00. The van der Waals surface area contributed by atoms with Crippen LogP contribution in [0.1, 0.15) is 57.8 Å². The van der Waals surface area contributed by atoms with E-state index in [4.69, 9.17) is 34.2 Å². The fraction of sp³-hybridized carbons (Fsp3) is 0.457. The van der Waals surface area contributed by atoms with E-state index in [1.807, 2.05) is 48.5 Å². The Morgan fingerprint density at radius 3 is 2.36 bits per heavy atom. The molecule has 0 spiro atoms. The smallest absolute Gasteiger partial charge is 0.249 e. The summed E-state index contributed by atoms with van der Waals surface area (Å²) in [5.74, 6) is 1.49. The van der Waals surface area contributed by atoms with Gasteiger partial charge in [-0.05, 0) is 60.3 Å². The Hall–Kier alpha value is -3.47. The number of benzene rings is 3. The minimum absolute atomic E-state index is 0.0143. The number of rotatable bonds is 19. The normalized spacial score (nSPS) is 16.5. The van der Waals surface area contributed by atoms with Gasteiger partial charge < -0.3 is 39.5 Å². The molecule has 1 aliphatic heterocycles. The van der Waals surface area contributed by atoms with E-state index in [1.54, 1.807) is 20.3 Å². The molecule has 1 aliphatic rings. The summed E-state index contributed by atoms with van der Waals surface area (Å²) in [7, 11) is 3.33. The van der Waals surface area contributed by atoms with Crippen molar-refractivity contribution in [2.45, 2.75) is 51.1 Å². The first-order valence-electron chi connectivity index (χ1n) is 15.3. The first-order chi connectivity index (χ1) is 21.6. The SMILES string of the molecule is COCCCOCc1cc(COC2CNCCC2c2ccc(OCCCOCc3ccccc3OC)cc2)ccc1C(N)=O. The van der Waals surface area contributed by atoms with Crippen LogP contribution in [0.25, 0.3) is 0 Å². The van der Waals surface area contributed by atoms with E-state index in [-0.39, 0.29) is 12.0 Å². The maximum absolute atomic E-state index is 12.0. The van der Waals surface area contributed by atoms with Gasteiger partial charge in [0.25, 0.3) is 0 Å². The molecule has 2 atom stereocenters. The second-order valence-electron chi connectivity index (χ2n) is 10.8. The van der Waals surface area contributed by atoms with Gasteiger partial charge in [0, 0.05) is 50.3 Å². The molecule has 44 heavy (non-hydrogen) atoms. The molecule has 1 fully saturated rings. The maximum atomic E-state index is 12.0. The standard InChI is InChI=1S/C35H46N2O7/c1-39-17-5-18-42-25-29-21-26(9-14-32(29)35(36)38)23-44-34-22-37-16-15-31(34)27-10-12-30(13-11-27)43-20-6-19-41-24-28-7-3-4-8-33(28)40-2/h3-4,7-14,21,31,34,37H,5-6,15-20,22-25H2,1-2H3,(H2,36,38). The van der Waals surface area contributed by atoms with Gasteiger partial charge in [-0.25, -0.2) is 0 Å². The van der Waals surface area contributed by atoms with Gasteiger partial charge in [0.05, 0.1) is 46.2 Å². The highest BCUT2D eigenvalue weighted by Gasteiger charge is 2.27. The van der Waals surface area contributed by atoms with Crippen molar-refractivity contribution in [1.29, 1.82) is 0 Å². The maximum Gasteiger partial charge on any atom is 0.249 e. The summed E-state index contributed by atoms with van der Waals surface area (Å²) >= 11 is 0. The van der Waals surface area contributed by atoms with Crippen molar-refractivity contribution < 1.29 is 33.2 Å². The van der Waals surface area contributed by atoms with Crippen LogP contribution in [0, 0.1) is 0 Å². The van der Waals surface area contributed by atoms with Crippen molar-refractivity contribution in [3.05, 3.63) is 94.5 Å². The van der Waals surface area contributed by atoms with Crippen molar-refractivity contribution in [2.75, 3.05) is 53.7 Å². The monoisotopic (exact) mass is 606 g/mol. The summed E-state index contributed by atoms with van der Waals surface area (Å²) in [6, 6.07) is 21.8. The number of nitrogens with one attached hydrogen (secondary N) is 1. The lowest BCUT2D eigenvalue weighted by atomic mass is 9.87. The molecule has 1 amide bonds. The lowest BCUT2D eigenvalue weighted by Gasteiger charge is -2.32. The number of para-hydroxylation sites is 1. The number of nitrogens with two attached hydrogens (primary N) is 1. The third-order valence-electron chi connectivity index (χ3n) is 7.68. The van der Waals surface area contributed by atoms with Gasteiger partial charge >= 0.3 is 0 Å². The van der Waals surface area contributed by atoms with Gasteiger partial charge in [-0.2, -0.15) is 0 Å². The molecule has 9 nitrogen and oxygen atoms in total. The summed E-state index contributed by atoms with van der Waals surface area (Å²) in [5, 5.41) is 3.46. The predicted molar refractivity (Wildman–Crippen MR) is 169 cm³/mol. The molecule has 3 N–H and O–H groups in total. The van der Waals surface area contributed by atoms with Gasteiger partial charge in [-0.3, -0.25) is 4.79 Å². The molecule has 238 valence electrons. The number of hydrogen-bond donors (Lipinski definition) is 2. The molecule has 0 bridgehead atoms. The summed E-state index contributed by atoms with van der Waals surface area (Å²) in [4.78, 5) is 12.0. The minimum atomic E-state index is -0.464. The van der Waals surface area contributed by atoms with Gasteiger partial charge in [0.15, 0.2) is 0 Å². The second-order valence-corrected chi connectivity index (χ2v) is 10.8. The Morgan fingerprint density at radius 2 is 1.61 bits per heavy atom. The number of carbonyl (C=O) groups excluding carboxylic acids is 1. The number of ether oxygens (including phenoxy) is 6. The minimum Gasteiger partial charge on any atom is -0.496 e. The summed E-state index contributed by atoms with van der Waals surface area (Å²) in [6.07, 6.45) is 2.58. The molecule has 0 saturated carbocycles. The Kier molecular flexibility index (Phi) is 13.9. The van der Waals surface area contributed by atoms with E-state index < -0.39 is 5.91 Å². The number of piperidine rings is 1. The lowest BCUT2D eigenvalue weighted by Crippen LogP contribution is -2.40. The van der Waals surface area contributed by atoms with Crippen LogP contribution in [0.3, 0.4) is 0 Å². The molecule has 3 aromatic rings. The first kappa shape index (κ1) is 33.4. The quantitative estimate of drug-likeness (QED) is 0.184. The number of carbonyl (C=O) groups is 1. The summed E-state index contributed by atoms with van der Waals surface area (Å²) in [6.45, 7) is 5.34. The first-order valence-corrected chi connectivity index (χ1v) is 15.3. The van der Waals surface area contributed by atoms with E-state index in [0.717, 1.165) is 60.5 Å². The van der Waals surface area contributed by atoms with Crippen LogP contribution in [0.4, 0.5) is 0 Å². The molecule has 0 radical (unpaired) electrons. The van der Waals surface area contributed by atoms with Crippen LogP contribution in [0.15, 0.2) is 66.7 Å². The fourth-order valence-corrected chi connectivity index (χ4v) is 5.34. The number of primary amides is 1. The van der Waals surface area contributed by atoms with E-state index in [9.17, 15) is 4.79 Å². The number of hydrogen-bond acceptors (Lipinski definition) is 8. The number of amides is 1. The molecule has 3 aromatic carbocycles. The van der Waals surface area contributed by atoms with Crippen molar-refractivity contribution >= 4 is 5.91 Å². The van der Waals surface area contributed by atoms with Crippen molar-refractivity contribution in [3.63, 3.8) is 0 Å². The molecule has 9 heteroatoms. The van der Waals surface area contributed by atoms with Gasteiger partial charge in [0.2, 0.25) is 5.91 Å². The van der Waals surface area contributed by atoms with Crippen molar-refractivity contribution in [3.8, 4) is 11.5 Å². The highest BCUT2D eigenvalue weighted by Crippen LogP contribution is 2.30. The molecule has 1 saturated heterocycles. The zero-order chi connectivity index (χ0) is 31.0. The molecule has 0 aliphatic carbocycles. The molecule has 0 aromatic heterocycles. The lowest BCUT2D eigenvalue weighted by molar-refractivity contribution is 0.0105. The fourth-order valence-electron chi connectivity index (χ4n) is 5.34. The van der Waals surface area contributed by atoms with E-state index >= 15 is 0 Å². The highest BCUT2D eigenvalue weighted by atomic mass is 16.5. The summed E-state index contributed by atoms with van der Waals surface area (Å²) < 4.78 is 34.4. The molecular weight excluding hydrogens is 560 g/mol. The van der Waals surface area contributed by atoms with Gasteiger partial charge in [-0.1, -0.05) is 42.5 Å². The Morgan fingerprint density at radius 1 is 0.864 bits per heavy atom.